The number of hydrogen-bond acceptors (Lipinski definition) is 4. The number of anilines is 2. The molecule has 0 amide bonds. The van der Waals surface area contributed by atoms with Gasteiger partial charge in [0, 0.05) is 10.6 Å². The monoisotopic (exact) mass is 283 g/mol. The van der Waals surface area contributed by atoms with Gasteiger partial charge in [-0.25, -0.2) is 9.97 Å². The highest BCUT2D eigenvalue weighted by Gasteiger charge is 2.09. The number of nitrogens with one attached hydrogen (secondary N) is 1. The van der Waals surface area contributed by atoms with Crippen LogP contribution in [0.15, 0.2) is 30.6 Å². The van der Waals surface area contributed by atoms with Gasteiger partial charge < -0.3 is 5.32 Å². The lowest BCUT2D eigenvalue weighted by atomic mass is 10.1. The third kappa shape index (κ3) is 2.27. The van der Waals surface area contributed by atoms with Gasteiger partial charge in [-0.05, 0) is 43.5 Å². The van der Waals surface area contributed by atoms with Crippen molar-refractivity contribution in [2.75, 3.05) is 5.32 Å². The highest BCUT2D eigenvalue weighted by molar-refractivity contribution is 7.18. The SMILES string of the molecule is CCc1cc2c(Nc3cccc(C)c3C)ncnc2s1. The highest BCUT2D eigenvalue weighted by Crippen LogP contribution is 2.31. The van der Waals surface area contributed by atoms with Gasteiger partial charge in [0.2, 0.25) is 0 Å². The lowest BCUT2D eigenvalue weighted by Crippen LogP contribution is -1.97. The van der Waals surface area contributed by atoms with E-state index in [-0.39, 0.29) is 0 Å². The number of fused-ring (bicyclic) bond motifs is 1. The maximum atomic E-state index is 4.41. The maximum Gasteiger partial charge on any atom is 0.142 e. The summed E-state index contributed by atoms with van der Waals surface area (Å²) >= 11 is 1.74. The van der Waals surface area contributed by atoms with Crippen LogP contribution in [-0.2, 0) is 6.42 Å². The van der Waals surface area contributed by atoms with Crippen LogP contribution in [0.2, 0.25) is 0 Å². The minimum absolute atomic E-state index is 0.889. The zero-order chi connectivity index (χ0) is 14.1. The van der Waals surface area contributed by atoms with Crippen LogP contribution in [0, 0.1) is 13.8 Å². The topological polar surface area (TPSA) is 37.8 Å². The summed E-state index contributed by atoms with van der Waals surface area (Å²) in [6.07, 6.45) is 2.66. The van der Waals surface area contributed by atoms with Crippen LogP contribution in [-0.4, -0.2) is 9.97 Å². The molecule has 1 N–H and O–H groups in total. The molecule has 3 rings (SSSR count). The summed E-state index contributed by atoms with van der Waals surface area (Å²) in [5.41, 5.74) is 3.64. The van der Waals surface area contributed by atoms with E-state index in [1.807, 2.05) is 0 Å². The third-order valence-electron chi connectivity index (χ3n) is 3.59. The molecule has 0 aliphatic carbocycles. The second kappa shape index (κ2) is 5.21. The van der Waals surface area contributed by atoms with E-state index in [0.717, 1.165) is 28.1 Å². The van der Waals surface area contributed by atoms with Crippen LogP contribution in [0.3, 0.4) is 0 Å². The predicted octanol–water partition coefficient (Wildman–Crippen LogP) is 4.61. The van der Waals surface area contributed by atoms with E-state index < -0.39 is 0 Å². The number of aryl methyl sites for hydroxylation is 2. The van der Waals surface area contributed by atoms with Gasteiger partial charge in [-0.3, -0.25) is 0 Å². The molecule has 0 atom stereocenters. The first-order valence-electron chi connectivity index (χ1n) is 6.75. The summed E-state index contributed by atoms with van der Waals surface area (Å²) in [7, 11) is 0. The molecule has 2 aromatic heterocycles. The second-order valence-electron chi connectivity index (χ2n) is 4.88. The average molecular weight is 283 g/mol. The zero-order valence-electron chi connectivity index (χ0n) is 11.9. The number of benzene rings is 1. The van der Waals surface area contributed by atoms with E-state index in [9.17, 15) is 0 Å². The molecule has 20 heavy (non-hydrogen) atoms. The fourth-order valence-electron chi connectivity index (χ4n) is 2.19. The molecule has 0 bridgehead atoms. The van der Waals surface area contributed by atoms with Crippen LogP contribution in [0.4, 0.5) is 11.5 Å². The largest absolute Gasteiger partial charge is 0.339 e. The van der Waals surface area contributed by atoms with Gasteiger partial charge in [-0.1, -0.05) is 19.1 Å². The average Bonchev–Trinajstić information content (AvgIpc) is 2.88. The first kappa shape index (κ1) is 13.1. The fraction of sp³-hybridized carbons (Fsp3) is 0.250. The normalized spacial score (nSPS) is 10.9. The van der Waals surface area contributed by atoms with Gasteiger partial charge in [0.05, 0.1) is 5.39 Å². The molecular formula is C16H17N3S. The Labute approximate surface area is 122 Å². The summed E-state index contributed by atoms with van der Waals surface area (Å²) in [5, 5.41) is 4.56. The molecule has 4 heteroatoms. The van der Waals surface area contributed by atoms with Gasteiger partial charge in [0.1, 0.15) is 17.0 Å². The molecule has 0 aliphatic rings. The van der Waals surface area contributed by atoms with Gasteiger partial charge in [-0.2, -0.15) is 0 Å². The molecular weight excluding hydrogens is 266 g/mol. The number of rotatable bonds is 3. The molecule has 0 aliphatic heterocycles. The molecule has 3 nitrogen and oxygen atoms in total. The van der Waals surface area contributed by atoms with Crippen molar-refractivity contribution in [2.24, 2.45) is 0 Å². The summed E-state index contributed by atoms with van der Waals surface area (Å²) in [6.45, 7) is 6.41. The van der Waals surface area contributed by atoms with Crippen molar-refractivity contribution in [3.05, 3.63) is 46.6 Å². The Balaban J connectivity index is 2.06. The van der Waals surface area contributed by atoms with E-state index in [2.05, 4.69) is 60.3 Å². The quantitative estimate of drug-likeness (QED) is 0.762. The van der Waals surface area contributed by atoms with Crippen LogP contribution >= 0.6 is 11.3 Å². The van der Waals surface area contributed by atoms with E-state index in [0.29, 0.717) is 0 Å². The van der Waals surface area contributed by atoms with Crippen molar-refractivity contribution in [3.63, 3.8) is 0 Å². The fourth-order valence-corrected chi connectivity index (χ4v) is 3.13. The van der Waals surface area contributed by atoms with E-state index in [1.54, 1.807) is 17.7 Å². The van der Waals surface area contributed by atoms with Crippen LogP contribution < -0.4 is 5.32 Å². The van der Waals surface area contributed by atoms with Crippen molar-refractivity contribution >= 4 is 33.1 Å². The summed E-state index contributed by atoms with van der Waals surface area (Å²) in [6, 6.07) is 8.46. The molecule has 1 aromatic carbocycles. The molecule has 102 valence electrons. The zero-order valence-corrected chi connectivity index (χ0v) is 12.7. The lowest BCUT2D eigenvalue weighted by molar-refractivity contribution is 1.19. The highest BCUT2D eigenvalue weighted by atomic mass is 32.1. The Morgan fingerprint density at radius 1 is 1.20 bits per heavy atom. The Kier molecular flexibility index (Phi) is 3.40. The first-order valence-corrected chi connectivity index (χ1v) is 7.57. The van der Waals surface area contributed by atoms with E-state index in [4.69, 9.17) is 0 Å². The van der Waals surface area contributed by atoms with Gasteiger partial charge >= 0.3 is 0 Å². The standard InChI is InChI=1S/C16H17N3S/c1-4-12-8-13-15(17-9-18-16(13)20-12)19-14-7-5-6-10(2)11(14)3/h5-9H,4H2,1-3H3,(H,17,18,19). The van der Waals surface area contributed by atoms with Crippen LogP contribution in [0.25, 0.3) is 10.2 Å². The molecule has 0 unspecified atom stereocenters. The van der Waals surface area contributed by atoms with E-state index in [1.165, 1.54) is 16.0 Å². The number of nitrogens with zero attached hydrogens (tertiary/aromatic N) is 2. The molecule has 0 fully saturated rings. The van der Waals surface area contributed by atoms with Crippen molar-refractivity contribution in [2.45, 2.75) is 27.2 Å². The Morgan fingerprint density at radius 2 is 2.05 bits per heavy atom. The molecule has 0 spiro atoms. The van der Waals surface area contributed by atoms with Gasteiger partial charge in [0.15, 0.2) is 0 Å². The van der Waals surface area contributed by atoms with Crippen molar-refractivity contribution in [3.8, 4) is 0 Å². The van der Waals surface area contributed by atoms with Crippen LogP contribution in [0.1, 0.15) is 22.9 Å². The molecule has 0 saturated carbocycles. The summed E-state index contributed by atoms with van der Waals surface area (Å²) in [5.74, 6) is 0.889. The third-order valence-corrected chi connectivity index (χ3v) is 4.77. The van der Waals surface area contributed by atoms with Crippen molar-refractivity contribution in [1.82, 2.24) is 9.97 Å². The molecule has 0 saturated heterocycles. The lowest BCUT2D eigenvalue weighted by Gasteiger charge is -2.11. The van der Waals surface area contributed by atoms with Crippen LogP contribution in [0.5, 0.6) is 0 Å². The Bertz CT molecular complexity index is 762. The van der Waals surface area contributed by atoms with Crippen molar-refractivity contribution in [1.29, 1.82) is 0 Å². The summed E-state index contributed by atoms with van der Waals surface area (Å²) < 4.78 is 0. The number of hydrogen-bond donors (Lipinski definition) is 1. The smallest absolute Gasteiger partial charge is 0.142 e. The predicted molar refractivity (Wildman–Crippen MR) is 86.0 cm³/mol. The van der Waals surface area contributed by atoms with Gasteiger partial charge in [0.25, 0.3) is 0 Å². The minimum atomic E-state index is 0.889. The van der Waals surface area contributed by atoms with Crippen molar-refractivity contribution < 1.29 is 0 Å². The molecule has 0 radical (unpaired) electrons. The second-order valence-corrected chi connectivity index (χ2v) is 6.00. The first-order chi connectivity index (χ1) is 9.69. The van der Waals surface area contributed by atoms with E-state index >= 15 is 0 Å². The molecule has 2 heterocycles. The minimum Gasteiger partial charge on any atom is -0.339 e. The molecule has 3 aromatic rings. The number of aromatic nitrogens is 2. The Morgan fingerprint density at radius 3 is 2.85 bits per heavy atom. The van der Waals surface area contributed by atoms with Gasteiger partial charge in [-0.15, -0.1) is 11.3 Å². The summed E-state index contributed by atoms with van der Waals surface area (Å²) in [4.78, 5) is 11.1. The Hall–Kier alpha value is -1.94. The number of thiophene rings is 1. The maximum absolute atomic E-state index is 4.41.